The Morgan fingerprint density at radius 1 is 1.32 bits per heavy atom. The van der Waals surface area contributed by atoms with Crippen LogP contribution in [0.1, 0.15) is 29.6 Å². The lowest BCUT2D eigenvalue weighted by atomic mass is 10.2. The second-order valence-electron chi connectivity index (χ2n) is 6.31. The number of halogens is 1. The molecule has 1 aromatic rings. The van der Waals surface area contributed by atoms with Gasteiger partial charge in [0.05, 0.1) is 6.61 Å². The molecule has 3 rings (SSSR count). The highest BCUT2D eigenvalue weighted by Gasteiger charge is 2.46. The molecule has 2 unspecified atom stereocenters. The van der Waals surface area contributed by atoms with Gasteiger partial charge in [-0.3, -0.25) is 9.69 Å². The van der Waals surface area contributed by atoms with Crippen molar-refractivity contribution < 1.29 is 9.53 Å². The van der Waals surface area contributed by atoms with E-state index in [0.717, 1.165) is 37.3 Å². The van der Waals surface area contributed by atoms with Crippen LogP contribution in [-0.4, -0.2) is 55.5 Å². The number of amides is 1. The van der Waals surface area contributed by atoms with E-state index < -0.39 is 0 Å². The highest BCUT2D eigenvalue weighted by atomic mass is 35.5. The lowest BCUT2D eigenvalue weighted by Gasteiger charge is -2.17. The van der Waals surface area contributed by atoms with Gasteiger partial charge in [-0.15, -0.1) is 12.4 Å². The van der Waals surface area contributed by atoms with Crippen LogP contribution in [0.2, 0.25) is 0 Å². The van der Waals surface area contributed by atoms with E-state index in [-0.39, 0.29) is 18.3 Å². The number of ether oxygens (including phenoxy) is 1. The van der Waals surface area contributed by atoms with Crippen LogP contribution in [0.25, 0.3) is 0 Å². The minimum absolute atomic E-state index is 0. The maximum absolute atomic E-state index is 11.8. The molecule has 5 heteroatoms. The largest absolute Gasteiger partial charge is 0.494 e. The number of benzene rings is 1. The van der Waals surface area contributed by atoms with Crippen molar-refractivity contribution in [1.29, 1.82) is 0 Å². The molecule has 0 N–H and O–H groups in total. The third kappa shape index (κ3) is 3.93. The van der Waals surface area contributed by atoms with E-state index in [4.69, 9.17) is 4.74 Å². The van der Waals surface area contributed by atoms with Gasteiger partial charge in [0.15, 0.2) is 0 Å². The molecule has 0 bridgehead atoms. The van der Waals surface area contributed by atoms with Crippen molar-refractivity contribution in [2.45, 2.75) is 25.3 Å². The van der Waals surface area contributed by atoms with Gasteiger partial charge >= 0.3 is 0 Å². The molecule has 1 aromatic carbocycles. The summed E-state index contributed by atoms with van der Waals surface area (Å²) in [7, 11) is 3.52. The van der Waals surface area contributed by atoms with Crippen molar-refractivity contribution in [3.05, 3.63) is 29.8 Å². The SMILES string of the molecule is CN(C)C(=O)c1ccc(OCCCN2CCC3CC32)cc1.Cl. The maximum atomic E-state index is 11.8. The molecule has 2 fully saturated rings. The number of rotatable bonds is 6. The summed E-state index contributed by atoms with van der Waals surface area (Å²) in [6.45, 7) is 3.17. The molecule has 0 spiro atoms. The fourth-order valence-corrected chi connectivity index (χ4v) is 3.17. The smallest absolute Gasteiger partial charge is 0.253 e. The molecule has 2 aliphatic rings. The van der Waals surface area contributed by atoms with E-state index in [0.29, 0.717) is 5.56 Å². The summed E-state index contributed by atoms with van der Waals surface area (Å²) >= 11 is 0. The normalized spacial score (nSPS) is 22.6. The van der Waals surface area contributed by atoms with E-state index in [1.165, 1.54) is 19.4 Å². The molecule has 122 valence electrons. The number of hydrogen-bond donors (Lipinski definition) is 0. The summed E-state index contributed by atoms with van der Waals surface area (Å²) in [5, 5.41) is 0. The number of piperidine rings is 1. The molecule has 22 heavy (non-hydrogen) atoms. The van der Waals surface area contributed by atoms with Gasteiger partial charge in [-0.2, -0.15) is 0 Å². The minimum Gasteiger partial charge on any atom is -0.494 e. The first-order valence-electron chi connectivity index (χ1n) is 7.84. The van der Waals surface area contributed by atoms with Gasteiger partial charge in [0.2, 0.25) is 0 Å². The molecule has 1 heterocycles. The Bertz CT molecular complexity index is 504. The van der Waals surface area contributed by atoms with Crippen LogP contribution in [0, 0.1) is 5.92 Å². The van der Waals surface area contributed by atoms with Crippen molar-refractivity contribution in [3.8, 4) is 5.75 Å². The number of nitrogens with zero attached hydrogens (tertiary/aromatic N) is 2. The minimum atomic E-state index is 0. The zero-order chi connectivity index (χ0) is 14.8. The number of carbonyl (C=O) groups is 1. The molecule has 2 atom stereocenters. The van der Waals surface area contributed by atoms with Crippen LogP contribution in [0.15, 0.2) is 24.3 Å². The van der Waals surface area contributed by atoms with Crippen molar-refractivity contribution in [2.24, 2.45) is 5.92 Å². The van der Waals surface area contributed by atoms with Crippen molar-refractivity contribution in [3.63, 3.8) is 0 Å². The van der Waals surface area contributed by atoms with Gasteiger partial charge in [0.1, 0.15) is 5.75 Å². The monoisotopic (exact) mass is 324 g/mol. The lowest BCUT2D eigenvalue weighted by Crippen LogP contribution is -2.25. The average Bonchev–Trinajstić information content (AvgIpc) is 3.17. The summed E-state index contributed by atoms with van der Waals surface area (Å²) in [5.74, 6) is 1.87. The topological polar surface area (TPSA) is 32.8 Å². The van der Waals surface area contributed by atoms with Crippen LogP contribution >= 0.6 is 12.4 Å². The Kier molecular flexibility index (Phi) is 5.70. The number of likely N-dealkylation sites (tertiary alicyclic amines) is 1. The Morgan fingerprint density at radius 3 is 2.59 bits per heavy atom. The predicted molar refractivity (Wildman–Crippen MR) is 89.9 cm³/mol. The van der Waals surface area contributed by atoms with Crippen LogP contribution in [-0.2, 0) is 0 Å². The van der Waals surface area contributed by atoms with E-state index in [1.54, 1.807) is 19.0 Å². The van der Waals surface area contributed by atoms with Crippen molar-refractivity contribution in [1.82, 2.24) is 9.80 Å². The first-order valence-corrected chi connectivity index (χ1v) is 7.84. The Labute approximate surface area is 138 Å². The molecule has 1 aliphatic carbocycles. The summed E-state index contributed by atoms with van der Waals surface area (Å²) in [6.07, 6.45) is 3.89. The molecule has 1 aliphatic heterocycles. The molecule has 1 saturated heterocycles. The molecule has 0 aromatic heterocycles. The number of hydrogen-bond acceptors (Lipinski definition) is 3. The van der Waals surface area contributed by atoms with Crippen LogP contribution in [0.5, 0.6) is 5.75 Å². The molecular formula is C17H25ClN2O2. The lowest BCUT2D eigenvalue weighted by molar-refractivity contribution is 0.0827. The van der Waals surface area contributed by atoms with Gasteiger partial charge < -0.3 is 9.64 Å². The Morgan fingerprint density at radius 2 is 2.05 bits per heavy atom. The van der Waals surface area contributed by atoms with E-state index in [9.17, 15) is 4.79 Å². The summed E-state index contributed by atoms with van der Waals surface area (Å²) in [4.78, 5) is 16.0. The van der Waals surface area contributed by atoms with Gasteiger partial charge in [-0.05, 0) is 56.0 Å². The zero-order valence-corrected chi connectivity index (χ0v) is 14.1. The van der Waals surface area contributed by atoms with Gasteiger partial charge in [0.25, 0.3) is 5.91 Å². The molecule has 0 radical (unpaired) electrons. The zero-order valence-electron chi connectivity index (χ0n) is 13.3. The highest BCUT2D eigenvalue weighted by Crippen LogP contribution is 2.44. The second-order valence-corrected chi connectivity index (χ2v) is 6.31. The summed E-state index contributed by atoms with van der Waals surface area (Å²) in [5.41, 5.74) is 0.698. The summed E-state index contributed by atoms with van der Waals surface area (Å²) in [6, 6.07) is 8.30. The van der Waals surface area contributed by atoms with Crippen LogP contribution in [0.3, 0.4) is 0 Å². The first kappa shape index (κ1) is 17.1. The van der Waals surface area contributed by atoms with E-state index in [2.05, 4.69) is 4.90 Å². The van der Waals surface area contributed by atoms with Crippen molar-refractivity contribution >= 4 is 18.3 Å². The first-order chi connectivity index (χ1) is 10.1. The third-order valence-corrected chi connectivity index (χ3v) is 4.51. The maximum Gasteiger partial charge on any atom is 0.253 e. The van der Waals surface area contributed by atoms with Gasteiger partial charge in [0, 0.05) is 32.2 Å². The fraction of sp³-hybridized carbons (Fsp3) is 0.588. The molecule has 1 amide bonds. The molecular weight excluding hydrogens is 300 g/mol. The highest BCUT2D eigenvalue weighted by molar-refractivity contribution is 5.93. The Hall–Kier alpha value is -1.26. The van der Waals surface area contributed by atoms with Crippen molar-refractivity contribution in [2.75, 3.05) is 33.8 Å². The van der Waals surface area contributed by atoms with Crippen LogP contribution in [0.4, 0.5) is 0 Å². The summed E-state index contributed by atoms with van der Waals surface area (Å²) < 4.78 is 5.76. The van der Waals surface area contributed by atoms with Gasteiger partial charge in [-0.1, -0.05) is 0 Å². The van der Waals surface area contributed by atoms with E-state index >= 15 is 0 Å². The number of fused-ring (bicyclic) bond motifs is 1. The number of carbonyl (C=O) groups excluding carboxylic acids is 1. The fourth-order valence-electron chi connectivity index (χ4n) is 3.17. The third-order valence-electron chi connectivity index (χ3n) is 4.51. The van der Waals surface area contributed by atoms with E-state index in [1.807, 2.05) is 24.3 Å². The average molecular weight is 325 g/mol. The molecule has 4 nitrogen and oxygen atoms in total. The second kappa shape index (κ2) is 7.34. The van der Waals surface area contributed by atoms with Crippen LogP contribution < -0.4 is 4.74 Å². The van der Waals surface area contributed by atoms with Gasteiger partial charge in [-0.25, -0.2) is 0 Å². The Balaban J connectivity index is 0.00000176. The quantitative estimate of drug-likeness (QED) is 0.754. The standard InChI is InChI=1S/C17H24N2O2.ClH/c1-18(2)17(20)13-4-6-15(7-5-13)21-11-3-9-19-10-8-14-12-16(14)19;/h4-7,14,16H,3,8-12H2,1-2H3;1H. The predicted octanol–water partition coefficient (Wildman–Crippen LogP) is 2.67. The molecule has 1 saturated carbocycles.